The van der Waals surface area contributed by atoms with E-state index in [1.54, 1.807) is 11.9 Å². The van der Waals surface area contributed by atoms with Gasteiger partial charge in [-0.05, 0) is 18.8 Å². The molecule has 6 heteroatoms. The summed E-state index contributed by atoms with van der Waals surface area (Å²) in [7, 11) is 1.74. The summed E-state index contributed by atoms with van der Waals surface area (Å²) in [4.78, 5) is 25.3. The molecule has 2 rings (SSSR count). The molecule has 0 aromatic rings. The molecule has 2 fully saturated rings. The van der Waals surface area contributed by atoms with Crippen LogP contribution in [0, 0.1) is 5.92 Å². The Morgan fingerprint density at radius 3 is 2.45 bits per heavy atom. The van der Waals surface area contributed by atoms with Gasteiger partial charge < -0.3 is 20.1 Å². The number of hydrogen-bond acceptors (Lipinski definition) is 3. The average molecular weight is 284 g/mol. The Morgan fingerprint density at radius 2 is 1.90 bits per heavy atom. The lowest BCUT2D eigenvalue weighted by molar-refractivity contribution is -0.148. The number of aliphatic carboxylic acids is 1. The van der Waals surface area contributed by atoms with Crippen LogP contribution in [0.25, 0.3) is 0 Å². The summed E-state index contributed by atoms with van der Waals surface area (Å²) in [5, 5.41) is 12.1. The summed E-state index contributed by atoms with van der Waals surface area (Å²) < 4.78 is 5.20. The van der Waals surface area contributed by atoms with Gasteiger partial charge in [0.05, 0.1) is 0 Å². The van der Waals surface area contributed by atoms with Crippen LogP contribution in [0.2, 0.25) is 0 Å². The maximum absolute atomic E-state index is 12.2. The maximum atomic E-state index is 12.2. The Morgan fingerprint density at radius 1 is 1.30 bits per heavy atom. The predicted molar refractivity (Wildman–Crippen MR) is 73.5 cm³/mol. The molecule has 2 aliphatic rings. The molecule has 20 heavy (non-hydrogen) atoms. The molecular formula is C14H24N2O4. The predicted octanol–water partition coefficient (Wildman–Crippen LogP) is 1.45. The molecular weight excluding hydrogens is 260 g/mol. The van der Waals surface area contributed by atoms with Gasteiger partial charge >= 0.3 is 12.0 Å². The fraction of sp³-hybridized carbons (Fsp3) is 0.857. The van der Waals surface area contributed by atoms with Crippen LogP contribution in [0.3, 0.4) is 0 Å². The summed E-state index contributed by atoms with van der Waals surface area (Å²) in [6.45, 7) is 1.45. The molecule has 0 unspecified atom stereocenters. The van der Waals surface area contributed by atoms with E-state index in [0.29, 0.717) is 38.5 Å². The SMILES string of the molecule is CN(CC1CCCC1)C(=O)NC1(C(=O)O)CCOCC1. The normalized spacial score (nSPS) is 22.4. The quantitative estimate of drug-likeness (QED) is 0.819. The number of rotatable bonds is 4. The third-order valence-electron chi connectivity index (χ3n) is 4.46. The van der Waals surface area contributed by atoms with Crippen molar-refractivity contribution in [2.75, 3.05) is 26.8 Å². The highest BCUT2D eigenvalue weighted by Crippen LogP contribution is 2.26. The molecule has 2 N–H and O–H groups in total. The number of hydrogen-bond donors (Lipinski definition) is 2. The molecule has 1 aliphatic carbocycles. The van der Waals surface area contributed by atoms with Crippen LogP contribution in [0.15, 0.2) is 0 Å². The summed E-state index contributed by atoms with van der Waals surface area (Å²) in [5.41, 5.74) is -1.17. The lowest BCUT2D eigenvalue weighted by atomic mass is 9.90. The Balaban J connectivity index is 1.91. The topological polar surface area (TPSA) is 78.9 Å². The minimum absolute atomic E-state index is 0.291. The highest BCUT2D eigenvalue weighted by Gasteiger charge is 2.42. The van der Waals surface area contributed by atoms with Crippen LogP contribution in [0.4, 0.5) is 4.79 Å². The van der Waals surface area contributed by atoms with Crippen molar-refractivity contribution in [3.8, 4) is 0 Å². The summed E-state index contributed by atoms with van der Waals surface area (Å²) in [6.07, 6.45) is 5.44. The summed E-state index contributed by atoms with van der Waals surface area (Å²) in [6, 6.07) is -0.291. The van der Waals surface area contributed by atoms with Crippen LogP contribution in [-0.4, -0.2) is 54.4 Å². The lowest BCUT2D eigenvalue weighted by Crippen LogP contribution is -2.60. The number of carboxylic acids is 1. The molecule has 114 valence electrons. The van der Waals surface area contributed by atoms with Crippen LogP contribution < -0.4 is 5.32 Å². The molecule has 0 atom stereocenters. The van der Waals surface area contributed by atoms with E-state index in [1.165, 1.54) is 12.8 Å². The number of urea groups is 1. The van der Waals surface area contributed by atoms with Crippen LogP contribution >= 0.6 is 0 Å². The second kappa shape index (κ2) is 6.43. The second-order valence-electron chi connectivity index (χ2n) is 5.96. The Bertz CT molecular complexity index is 360. The zero-order valence-corrected chi connectivity index (χ0v) is 12.1. The number of carbonyl (C=O) groups excluding carboxylic acids is 1. The van der Waals surface area contributed by atoms with Gasteiger partial charge in [0.15, 0.2) is 0 Å². The van der Waals surface area contributed by atoms with Gasteiger partial charge in [-0.1, -0.05) is 12.8 Å². The van der Waals surface area contributed by atoms with Crippen LogP contribution in [0.1, 0.15) is 38.5 Å². The smallest absolute Gasteiger partial charge is 0.329 e. The molecule has 6 nitrogen and oxygen atoms in total. The molecule has 1 aliphatic heterocycles. The molecule has 1 heterocycles. The molecule has 1 saturated carbocycles. The molecule has 0 radical (unpaired) electrons. The lowest BCUT2D eigenvalue weighted by Gasteiger charge is -2.35. The zero-order chi connectivity index (χ0) is 14.6. The van der Waals surface area contributed by atoms with Crippen molar-refractivity contribution >= 4 is 12.0 Å². The summed E-state index contributed by atoms with van der Waals surface area (Å²) in [5.74, 6) is -0.412. The van der Waals surface area contributed by atoms with E-state index in [0.717, 1.165) is 12.8 Å². The van der Waals surface area contributed by atoms with E-state index in [4.69, 9.17) is 4.74 Å². The standard InChI is InChI=1S/C14H24N2O4/c1-16(10-11-4-2-3-5-11)13(19)15-14(12(17)18)6-8-20-9-7-14/h11H,2-10H2,1H3,(H,15,19)(H,17,18). The van der Waals surface area contributed by atoms with Crippen molar-refractivity contribution in [3.05, 3.63) is 0 Å². The van der Waals surface area contributed by atoms with Crippen molar-refractivity contribution in [2.45, 2.75) is 44.1 Å². The van der Waals surface area contributed by atoms with Gasteiger partial charge in [0.2, 0.25) is 0 Å². The maximum Gasteiger partial charge on any atom is 0.329 e. The third kappa shape index (κ3) is 3.42. The second-order valence-corrected chi connectivity index (χ2v) is 5.96. The van der Waals surface area contributed by atoms with Gasteiger partial charge in [-0.3, -0.25) is 0 Å². The minimum Gasteiger partial charge on any atom is -0.480 e. The highest BCUT2D eigenvalue weighted by molar-refractivity contribution is 5.86. The zero-order valence-electron chi connectivity index (χ0n) is 12.1. The first-order chi connectivity index (χ1) is 9.53. The van der Waals surface area contributed by atoms with E-state index < -0.39 is 11.5 Å². The average Bonchev–Trinajstić information content (AvgIpc) is 2.92. The number of nitrogens with zero attached hydrogens (tertiary/aromatic N) is 1. The first-order valence-corrected chi connectivity index (χ1v) is 7.38. The Hall–Kier alpha value is -1.30. The van der Waals surface area contributed by atoms with Crippen LogP contribution in [-0.2, 0) is 9.53 Å². The first-order valence-electron chi connectivity index (χ1n) is 7.38. The van der Waals surface area contributed by atoms with E-state index in [-0.39, 0.29) is 6.03 Å². The van der Waals surface area contributed by atoms with Crippen molar-refractivity contribution in [1.82, 2.24) is 10.2 Å². The van der Waals surface area contributed by atoms with Gasteiger partial charge in [0.25, 0.3) is 0 Å². The molecule has 1 saturated heterocycles. The van der Waals surface area contributed by atoms with E-state index in [1.807, 2.05) is 0 Å². The summed E-state index contributed by atoms with van der Waals surface area (Å²) >= 11 is 0. The Labute approximate surface area is 119 Å². The van der Waals surface area contributed by atoms with E-state index in [9.17, 15) is 14.7 Å². The number of nitrogens with one attached hydrogen (secondary N) is 1. The molecule has 0 aromatic carbocycles. The van der Waals surface area contributed by atoms with Crippen molar-refractivity contribution in [3.63, 3.8) is 0 Å². The van der Waals surface area contributed by atoms with Gasteiger partial charge in [0.1, 0.15) is 5.54 Å². The van der Waals surface area contributed by atoms with Crippen molar-refractivity contribution in [1.29, 1.82) is 0 Å². The third-order valence-corrected chi connectivity index (χ3v) is 4.46. The minimum atomic E-state index is -1.17. The Kier molecular flexibility index (Phi) is 4.86. The number of ether oxygens (including phenoxy) is 1. The number of amides is 2. The van der Waals surface area contributed by atoms with Crippen molar-refractivity contribution in [2.24, 2.45) is 5.92 Å². The fourth-order valence-corrected chi connectivity index (χ4v) is 3.08. The monoisotopic (exact) mass is 284 g/mol. The van der Waals surface area contributed by atoms with Crippen molar-refractivity contribution < 1.29 is 19.4 Å². The highest BCUT2D eigenvalue weighted by atomic mass is 16.5. The fourth-order valence-electron chi connectivity index (χ4n) is 3.08. The molecule has 0 spiro atoms. The van der Waals surface area contributed by atoms with Crippen LogP contribution in [0.5, 0.6) is 0 Å². The first kappa shape index (κ1) is 15.1. The number of carboxylic acid groups (broad SMARTS) is 1. The van der Waals surface area contributed by atoms with Gasteiger partial charge in [0, 0.05) is 39.6 Å². The molecule has 0 aromatic heterocycles. The number of carbonyl (C=O) groups is 2. The van der Waals surface area contributed by atoms with Gasteiger partial charge in [-0.15, -0.1) is 0 Å². The largest absolute Gasteiger partial charge is 0.480 e. The molecule has 0 bridgehead atoms. The molecule has 2 amide bonds. The van der Waals surface area contributed by atoms with Gasteiger partial charge in [-0.25, -0.2) is 9.59 Å². The van der Waals surface area contributed by atoms with E-state index in [2.05, 4.69) is 5.32 Å². The van der Waals surface area contributed by atoms with Gasteiger partial charge in [-0.2, -0.15) is 0 Å². The van der Waals surface area contributed by atoms with E-state index >= 15 is 0 Å².